The summed E-state index contributed by atoms with van der Waals surface area (Å²) in [5.41, 5.74) is 5.87. The summed E-state index contributed by atoms with van der Waals surface area (Å²) in [5, 5.41) is 14.7. The van der Waals surface area contributed by atoms with Gasteiger partial charge in [0, 0.05) is 18.4 Å². The number of benzene rings is 2. The van der Waals surface area contributed by atoms with E-state index in [-0.39, 0.29) is 24.0 Å². The lowest BCUT2D eigenvalue weighted by Crippen LogP contribution is -2.18. The molecule has 1 heterocycles. The second-order valence-corrected chi connectivity index (χ2v) is 8.55. The number of aryl methyl sites for hydroxylation is 4. The summed E-state index contributed by atoms with van der Waals surface area (Å²) < 4.78 is 1.75. The number of rotatable bonds is 7. The number of nitrogens with one attached hydrogen (secondary N) is 2. The molecule has 0 aliphatic heterocycles. The fraction of sp³-hybridized carbons (Fsp3) is 0.304. The van der Waals surface area contributed by atoms with Crippen LogP contribution in [0, 0.1) is 27.7 Å². The third-order valence-corrected chi connectivity index (χ3v) is 5.96. The third kappa shape index (κ3) is 5.73. The van der Waals surface area contributed by atoms with Gasteiger partial charge in [-0.2, -0.15) is 0 Å². The van der Waals surface area contributed by atoms with Crippen molar-refractivity contribution in [2.45, 2.75) is 39.3 Å². The fourth-order valence-corrected chi connectivity index (χ4v) is 4.09. The summed E-state index contributed by atoms with van der Waals surface area (Å²) in [4.78, 5) is 24.8. The number of para-hydroxylation sites is 1. The van der Waals surface area contributed by atoms with Crippen LogP contribution in [0.4, 0.5) is 11.4 Å². The van der Waals surface area contributed by atoms with E-state index in [9.17, 15) is 9.59 Å². The summed E-state index contributed by atoms with van der Waals surface area (Å²) in [6.07, 6.45) is 0.104. The van der Waals surface area contributed by atoms with Gasteiger partial charge in [0.05, 0.1) is 12.2 Å². The summed E-state index contributed by atoms with van der Waals surface area (Å²) in [6, 6.07) is 11.7. The molecule has 31 heavy (non-hydrogen) atoms. The van der Waals surface area contributed by atoms with E-state index in [1.165, 1.54) is 17.3 Å². The highest BCUT2D eigenvalue weighted by molar-refractivity contribution is 7.99. The van der Waals surface area contributed by atoms with Gasteiger partial charge in [0.15, 0.2) is 5.16 Å². The zero-order chi connectivity index (χ0) is 22.5. The Bertz CT molecular complexity index is 1100. The largest absolute Gasteiger partial charge is 0.325 e. The quantitative estimate of drug-likeness (QED) is 0.546. The van der Waals surface area contributed by atoms with Crippen LogP contribution in [0.3, 0.4) is 0 Å². The van der Waals surface area contributed by atoms with Crippen molar-refractivity contribution in [2.75, 3.05) is 16.4 Å². The maximum atomic E-state index is 12.5. The lowest BCUT2D eigenvalue weighted by atomic mass is 10.1. The summed E-state index contributed by atoms with van der Waals surface area (Å²) in [7, 11) is 1.80. The highest BCUT2D eigenvalue weighted by Gasteiger charge is 2.16. The van der Waals surface area contributed by atoms with Gasteiger partial charge in [-0.05, 0) is 50.5 Å². The van der Waals surface area contributed by atoms with Crippen LogP contribution in [0.5, 0.6) is 0 Å². The Hall–Kier alpha value is -3.13. The first-order valence-electron chi connectivity index (χ1n) is 9.99. The number of nitrogens with zero attached hydrogens (tertiary/aromatic N) is 3. The van der Waals surface area contributed by atoms with Crippen molar-refractivity contribution >= 4 is 35.0 Å². The zero-order valence-electron chi connectivity index (χ0n) is 18.4. The van der Waals surface area contributed by atoms with Crippen LogP contribution >= 0.6 is 11.8 Å². The van der Waals surface area contributed by atoms with Crippen molar-refractivity contribution in [3.63, 3.8) is 0 Å². The van der Waals surface area contributed by atoms with E-state index in [1.807, 2.05) is 64.1 Å². The molecule has 7 nitrogen and oxygen atoms in total. The predicted octanol–water partition coefficient (Wildman–Crippen LogP) is 3.96. The van der Waals surface area contributed by atoms with Crippen molar-refractivity contribution in [1.29, 1.82) is 0 Å². The Morgan fingerprint density at radius 1 is 0.935 bits per heavy atom. The van der Waals surface area contributed by atoms with Gasteiger partial charge in [0.25, 0.3) is 0 Å². The number of carbonyl (C=O) groups is 2. The SMILES string of the molecule is Cc1cc(C)c(NC(=O)CSc2nnc(CC(=O)Nc3ccccc3C)n2C)c(C)c1. The van der Waals surface area contributed by atoms with E-state index >= 15 is 0 Å². The number of thioether (sulfide) groups is 1. The lowest BCUT2D eigenvalue weighted by molar-refractivity contribution is -0.116. The molecule has 162 valence electrons. The van der Waals surface area contributed by atoms with Crippen LogP contribution < -0.4 is 10.6 Å². The van der Waals surface area contributed by atoms with E-state index in [1.54, 1.807) is 11.6 Å². The minimum absolute atomic E-state index is 0.104. The molecule has 2 aromatic carbocycles. The molecule has 0 aliphatic rings. The number of carbonyl (C=O) groups excluding carboxylic acids is 2. The van der Waals surface area contributed by atoms with Crippen LogP contribution in [0.15, 0.2) is 41.6 Å². The van der Waals surface area contributed by atoms with Crippen LogP contribution in [-0.2, 0) is 23.1 Å². The minimum atomic E-state index is -0.163. The van der Waals surface area contributed by atoms with Gasteiger partial charge in [0.2, 0.25) is 11.8 Å². The molecule has 0 radical (unpaired) electrons. The first-order valence-corrected chi connectivity index (χ1v) is 11.0. The van der Waals surface area contributed by atoms with Crippen molar-refractivity contribution in [3.05, 3.63) is 64.5 Å². The Morgan fingerprint density at radius 3 is 2.29 bits per heavy atom. The topological polar surface area (TPSA) is 88.9 Å². The van der Waals surface area contributed by atoms with Gasteiger partial charge >= 0.3 is 0 Å². The van der Waals surface area contributed by atoms with Crippen LogP contribution in [-0.4, -0.2) is 32.3 Å². The van der Waals surface area contributed by atoms with E-state index in [0.29, 0.717) is 11.0 Å². The Balaban J connectivity index is 1.57. The highest BCUT2D eigenvalue weighted by Crippen LogP contribution is 2.23. The van der Waals surface area contributed by atoms with Crippen molar-refractivity contribution in [2.24, 2.45) is 7.05 Å². The monoisotopic (exact) mass is 437 g/mol. The molecule has 0 fully saturated rings. The molecule has 8 heteroatoms. The van der Waals surface area contributed by atoms with Crippen molar-refractivity contribution < 1.29 is 9.59 Å². The van der Waals surface area contributed by atoms with Gasteiger partial charge < -0.3 is 15.2 Å². The van der Waals surface area contributed by atoms with Gasteiger partial charge in [-0.3, -0.25) is 9.59 Å². The highest BCUT2D eigenvalue weighted by atomic mass is 32.2. The molecule has 0 saturated heterocycles. The number of aromatic nitrogens is 3. The molecule has 1 aromatic heterocycles. The van der Waals surface area contributed by atoms with Crippen molar-refractivity contribution in [3.8, 4) is 0 Å². The first kappa shape index (κ1) is 22.6. The molecular weight excluding hydrogens is 410 g/mol. The van der Waals surface area contributed by atoms with E-state index in [4.69, 9.17) is 0 Å². The number of hydrogen-bond acceptors (Lipinski definition) is 5. The Kier molecular flexibility index (Phi) is 7.12. The molecule has 0 saturated carbocycles. The fourth-order valence-electron chi connectivity index (χ4n) is 3.36. The average molecular weight is 438 g/mol. The van der Waals surface area contributed by atoms with Crippen molar-refractivity contribution in [1.82, 2.24) is 14.8 Å². The van der Waals surface area contributed by atoms with Gasteiger partial charge in [-0.1, -0.05) is 47.7 Å². The molecule has 2 N–H and O–H groups in total. The molecule has 0 atom stereocenters. The molecular formula is C23H27N5O2S. The Labute approximate surface area is 186 Å². The normalized spacial score (nSPS) is 10.7. The van der Waals surface area contributed by atoms with Gasteiger partial charge in [-0.25, -0.2) is 0 Å². The maximum absolute atomic E-state index is 12.5. The average Bonchev–Trinajstić information content (AvgIpc) is 3.04. The molecule has 0 bridgehead atoms. The minimum Gasteiger partial charge on any atom is -0.325 e. The number of hydrogen-bond donors (Lipinski definition) is 2. The summed E-state index contributed by atoms with van der Waals surface area (Å²) in [5.74, 6) is 0.472. The van der Waals surface area contributed by atoms with Crippen LogP contribution in [0.25, 0.3) is 0 Å². The van der Waals surface area contributed by atoms with E-state index in [0.717, 1.165) is 28.1 Å². The Morgan fingerprint density at radius 2 is 1.61 bits per heavy atom. The van der Waals surface area contributed by atoms with Gasteiger partial charge in [0.1, 0.15) is 5.82 Å². The van der Waals surface area contributed by atoms with E-state index in [2.05, 4.69) is 20.8 Å². The summed E-state index contributed by atoms with van der Waals surface area (Å²) >= 11 is 1.29. The smallest absolute Gasteiger partial charge is 0.234 e. The lowest BCUT2D eigenvalue weighted by Gasteiger charge is -2.12. The second kappa shape index (κ2) is 9.78. The molecule has 0 unspecified atom stereocenters. The standard InChI is InChI=1S/C23H27N5O2S/c1-14-10-16(3)22(17(4)11-14)25-21(30)13-31-23-27-26-19(28(23)5)12-20(29)24-18-9-7-6-8-15(18)2/h6-11H,12-13H2,1-5H3,(H,24,29)(H,25,30). The van der Waals surface area contributed by atoms with E-state index < -0.39 is 0 Å². The predicted molar refractivity (Wildman–Crippen MR) is 125 cm³/mol. The second-order valence-electron chi connectivity index (χ2n) is 7.61. The molecule has 0 spiro atoms. The third-order valence-electron chi connectivity index (χ3n) is 4.94. The zero-order valence-corrected chi connectivity index (χ0v) is 19.3. The number of anilines is 2. The van der Waals surface area contributed by atoms with Crippen LogP contribution in [0.2, 0.25) is 0 Å². The maximum Gasteiger partial charge on any atom is 0.234 e. The first-order chi connectivity index (χ1) is 14.7. The molecule has 3 rings (SSSR count). The van der Waals surface area contributed by atoms with Gasteiger partial charge in [-0.15, -0.1) is 10.2 Å². The molecule has 2 amide bonds. The number of amides is 2. The molecule has 0 aliphatic carbocycles. The van der Waals surface area contributed by atoms with Crippen LogP contribution in [0.1, 0.15) is 28.1 Å². The molecule has 3 aromatic rings. The summed E-state index contributed by atoms with van der Waals surface area (Å²) in [6.45, 7) is 7.95.